The van der Waals surface area contributed by atoms with Gasteiger partial charge in [0.25, 0.3) is 0 Å². The van der Waals surface area contributed by atoms with Crippen LogP contribution < -0.4 is 5.32 Å². The normalized spacial score (nSPS) is 21.3. The first-order valence-electron chi connectivity index (χ1n) is 13.8. The zero-order valence-electron chi connectivity index (χ0n) is 26.0. The number of amides is 1. The van der Waals surface area contributed by atoms with Crippen molar-refractivity contribution in [3.8, 4) is 0 Å². The van der Waals surface area contributed by atoms with E-state index >= 15 is 4.39 Å². The highest BCUT2D eigenvalue weighted by Gasteiger charge is 2.59. The molecule has 0 saturated carbocycles. The van der Waals surface area contributed by atoms with Gasteiger partial charge in [0, 0.05) is 19.2 Å². The summed E-state index contributed by atoms with van der Waals surface area (Å²) in [4.78, 5) is 31.3. The molecule has 1 amide bonds. The molecule has 1 aromatic rings. The summed E-state index contributed by atoms with van der Waals surface area (Å²) in [6.45, 7) is 16.1. The van der Waals surface area contributed by atoms with Crippen LogP contribution in [0.3, 0.4) is 0 Å². The van der Waals surface area contributed by atoms with Gasteiger partial charge < -0.3 is 13.9 Å². The van der Waals surface area contributed by atoms with E-state index in [9.17, 15) is 18.0 Å². The number of hydrogen-bond donors (Lipinski definition) is 1. The molecule has 13 heteroatoms. The van der Waals surface area contributed by atoms with E-state index in [1.807, 2.05) is 40.8 Å². The molecule has 1 heterocycles. The van der Waals surface area contributed by atoms with Crippen molar-refractivity contribution in [1.29, 1.82) is 0 Å². The maximum Gasteiger partial charge on any atom is 0.414 e. The average Bonchev–Trinajstić information content (AvgIpc) is 2.82. The Morgan fingerprint density at radius 3 is 2.29 bits per heavy atom. The van der Waals surface area contributed by atoms with Crippen molar-refractivity contribution in [3.05, 3.63) is 35.6 Å². The van der Waals surface area contributed by atoms with Crippen LogP contribution in [0.5, 0.6) is 0 Å². The fourth-order valence-corrected chi connectivity index (χ4v) is 6.72. The number of rotatable bonds is 10. The molecule has 1 aliphatic rings. The molecule has 0 fully saturated rings. The molecule has 41 heavy (non-hydrogen) atoms. The third-order valence-electron chi connectivity index (χ3n) is 7.31. The van der Waals surface area contributed by atoms with Gasteiger partial charge in [-0.3, -0.25) is 10.1 Å². The Labute approximate surface area is 245 Å². The first-order chi connectivity index (χ1) is 18.7. The van der Waals surface area contributed by atoms with Crippen molar-refractivity contribution in [3.63, 3.8) is 0 Å². The molecule has 10 nitrogen and oxygen atoms in total. The minimum absolute atomic E-state index is 0.151. The Morgan fingerprint density at radius 2 is 1.76 bits per heavy atom. The maximum absolute atomic E-state index is 15.5. The number of halogens is 1. The molecular weight excluding hydrogens is 569 g/mol. The summed E-state index contributed by atoms with van der Waals surface area (Å²) in [6, 6.07) is 5.53. The minimum atomic E-state index is -4.59. The van der Waals surface area contributed by atoms with Crippen LogP contribution in [0.4, 0.5) is 9.18 Å². The summed E-state index contributed by atoms with van der Waals surface area (Å²) in [6.07, 6.45) is 0.490. The first-order valence-corrected chi connectivity index (χ1v) is 18.2. The number of Topliss-reactive ketones (excluding diaryl/α,β-unsaturated/α-hetero) is 1. The largest absolute Gasteiger partial charge is 0.444 e. The molecule has 0 spiro atoms. The molecule has 232 valence electrons. The van der Waals surface area contributed by atoms with E-state index in [0.29, 0.717) is 6.42 Å². The van der Waals surface area contributed by atoms with Crippen molar-refractivity contribution in [2.75, 3.05) is 26.9 Å². The number of sulfonamides is 1. The van der Waals surface area contributed by atoms with Gasteiger partial charge in [-0.05, 0) is 51.4 Å². The monoisotopic (exact) mass is 615 g/mol. The van der Waals surface area contributed by atoms with Crippen molar-refractivity contribution < 1.29 is 36.3 Å². The van der Waals surface area contributed by atoms with Crippen molar-refractivity contribution in [2.24, 2.45) is 4.99 Å². The molecule has 2 unspecified atom stereocenters. The quantitative estimate of drug-likeness (QED) is 0.292. The van der Waals surface area contributed by atoms with Gasteiger partial charge in [0.05, 0.1) is 13.2 Å². The molecule has 2 atom stereocenters. The predicted octanol–water partition coefficient (Wildman–Crippen LogP) is 4.95. The van der Waals surface area contributed by atoms with E-state index in [1.165, 1.54) is 25.2 Å². The van der Waals surface area contributed by atoms with E-state index in [0.717, 1.165) is 16.8 Å². The SMILES string of the molecule is CCCCOCC1(c2ccccc2F)N=C(NC(=O)OC(C)(C)C)N(C)S(=O)(=O)C1C(=O)CO[Si](C)(C)C(C)(C)C. The highest BCUT2D eigenvalue weighted by molar-refractivity contribution is 7.91. The summed E-state index contributed by atoms with van der Waals surface area (Å²) in [5.41, 5.74) is -3.10. The standard InChI is InChI=1S/C28H46FN3O7SSi/c1-11-12-17-37-19-28(20-15-13-14-16-21(20)29)23(22(33)18-38-41(9,10)27(5,6)7)40(35,36)32(8)24(31-28)30-25(34)39-26(2,3)4/h13-16,23H,11-12,17-19H2,1-10H3,(H,30,31,34). The number of nitrogens with zero attached hydrogens (tertiary/aromatic N) is 2. The van der Waals surface area contributed by atoms with Gasteiger partial charge in [-0.1, -0.05) is 52.3 Å². The number of hydrogen-bond acceptors (Lipinski definition) is 8. The number of carbonyl (C=O) groups is 2. The Hall–Kier alpha value is -2.35. The second-order valence-corrected chi connectivity index (χ2v) is 19.6. The Kier molecular flexibility index (Phi) is 10.9. The zero-order chi connectivity index (χ0) is 31.4. The van der Waals surface area contributed by atoms with E-state index in [4.69, 9.17) is 13.9 Å². The predicted molar refractivity (Wildman–Crippen MR) is 159 cm³/mol. The van der Waals surface area contributed by atoms with Crippen LogP contribution in [-0.4, -0.2) is 76.6 Å². The number of ether oxygens (including phenoxy) is 2. The van der Waals surface area contributed by atoms with Gasteiger partial charge in [-0.25, -0.2) is 26.9 Å². The highest BCUT2D eigenvalue weighted by atomic mass is 32.2. The average molecular weight is 616 g/mol. The number of alkyl carbamates (subject to hydrolysis) is 1. The lowest BCUT2D eigenvalue weighted by molar-refractivity contribution is -0.123. The number of ketones is 1. The van der Waals surface area contributed by atoms with Crippen molar-refractivity contribution >= 4 is 36.2 Å². The molecular formula is C28H46FN3O7SSi. The van der Waals surface area contributed by atoms with E-state index < -0.39 is 71.6 Å². The molecule has 0 saturated heterocycles. The second kappa shape index (κ2) is 12.9. The molecule has 0 bridgehead atoms. The summed E-state index contributed by atoms with van der Waals surface area (Å²) >= 11 is 0. The summed E-state index contributed by atoms with van der Waals surface area (Å²) in [7, 11) is -5.89. The Bertz CT molecular complexity index is 1240. The van der Waals surface area contributed by atoms with Crippen LogP contribution >= 0.6 is 0 Å². The number of aliphatic imine (C=N–C) groups is 1. The van der Waals surface area contributed by atoms with Crippen LogP contribution in [0.1, 0.15) is 66.9 Å². The van der Waals surface area contributed by atoms with Crippen molar-refractivity contribution in [1.82, 2.24) is 9.62 Å². The van der Waals surface area contributed by atoms with Gasteiger partial charge in [-0.15, -0.1) is 0 Å². The number of nitrogens with one attached hydrogen (secondary N) is 1. The lowest BCUT2D eigenvalue weighted by Crippen LogP contribution is -2.64. The number of carbonyl (C=O) groups excluding carboxylic acids is 2. The van der Waals surface area contributed by atoms with Crippen LogP contribution in [0.15, 0.2) is 29.3 Å². The van der Waals surface area contributed by atoms with Gasteiger partial charge in [0.1, 0.15) is 17.0 Å². The first kappa shape index (κ1) is 34.8. The number of guanidine groups is 1. The van der Waals surface area contributed by atoms with Gasteiger partial charge >= 0.3 is 6.09 Å². The van der Waals surface area contributed by atoms with Crippen LogP contribution in [0, 0.1) is 5.82 Å². The summed E-state index contributed by atoms with van der Waals surface area (Å²) in [5, 5.41) is 0.242. The van der Waals surface area contributed by atoms with E-state index in [2.05, 4.69) is 10.3 Å². The molecule has 1 N–H and O–H groups in total. The lowest BCUT2D eigenvalue weighted by Gasteiger charge is -2.43. The molecule has 2 rings (SSSR count). The smallest absolute Gasteiger partial charge is 0.414 e. The van der Waals surface area contributed by atoms with Crippen LogP contribution in [0.25, 0.3) is 0 Å². The van der Waals surface area contributed by atoms with Gasteiger partial charge in [0.2, 0.25) is 16.0 Å². The molecule has 1 aromatic carbocycles. The maximum atomic E-state index is 15.5. The summed E-state index contributed by atoms with van der Waals surface area (Å²) in [5.74, 6) is -1.98. The fraction of sp³-hybridized carbons (Fsp3) is 0.679. The minimum Gasteiger partial charge on any atom is -0.444 e. The van der Waals surface area contributed by atoms with E-state index in [1.54, 1.807) is 20.8 Å². The lowest BCUT2D eigenvalue weighted by atomic mass is 9.85. The molecule has 0 radical (unpaired) electrons. The molecule has 0 aliphatic carbocycles. The van der Waals surface area contributed by atoms with Gasteiger partial charge in [-0.2, -0.15) is 0 Å². The Balaban J connectivity index is 2.78. The van der Waals surface area contributed by atoms with Crippen LogP contribution in [-0.2, 0) is 34.3 Å². The van der Waals surface area contributed by atoms with Gasteiger partial charge in [0.15, 0.2) is 19.4 Å². The number of benzene rings is 1. The number of unbranched alkanes of at least 4 members (excludes halogenated alkanes) is 1. The zero-order valence-corrected chi connectivity index (χ0v) is 27.8. The summed E-state index contributed by atoms with van der Waals surface area (Å²) < 4.78 is 61.9. The van der Waals surface area contributed by atoms with Crippen LogP contribution in [0.2, 0.25) is 18.1 Å². The third-order valence-corrected chi connectivity index (χ3v) is 14.0. The molecule has 0 aromatic heterocycles. The molecule has 1 aliphatic heterocycles. The third kappa shape index (κ3) is 8.14. The Morgan fingerprint density at radius 1 is 1.15 bits per heavy atom. The van der Waals surface area contributed by atoms with Crippen molar-refractivity contribution in [2.45, 2.75) is 95.8 Å². The highest BCUT2D eigenvalue weighted by Crippen LogP contribution is 2.42. The second-order valence-electron chi connectivity index (χ2n) is 12.8. The topological polar surface area (TPSA) is 124 Å². The van der Waals surface area contributed by atoms with E-state index in [-0.39, 0.29) is 17.2 Å². The fourth-order valence-electron chi connectivity index (χ4n) is 3.99.